The van der Waals surface area contributed by atoms with Gasteiger partial charge in [-0.3, -0.25) is 4.79 Å². The van der Waals surface area contributed by atoms with Gasteiger partial charge in [-0.15, -0.1) is 0 Å². The van der Waals surface area contributed by atoms with Gasteiger partial charge in [0.25, 0.3) is 0 Å². The van der Waals surface area contributed by atoms with Crippen molar-refractivity contribution in [1.29, 1.82) is 0 Å². The average Bonchev–Trinajstić information content (AvgIpc) is 3.60. The number of primary amides is 1. The standard InChI is InChI=1S/C19H25FN2O2.C17H22FN3O.C4H4O2.C2HF3O2/c1-4-24-19(23)15-9-16(20)18(22-7-5-6-13(21)10-22)17-12(3)11(2)8-14(15)17;1-9-6-12-13(17(20)22)7-14(18)16(15(12)10(9)2)21-5-3-4-11(19)8-21;1-2-3-4(5)6;3-2(4,5)1(6)7/h9,13H,4-8,10,21H2,1-3H3;7,11H,3-6,8,19H2,1-2H3,(H2,20,22);1H3,(H,5,6);(H,6,7)/t13-;11-;;/m00../s1. The van der Waals surface area contributed by atoms with Gasteiger partial charge in [0.1, 0.15) is 11.6 Å². The van der Waals surface area contributed by atoms with Crippen LogP contribution in [0, 0.1) is 23.5 Å². The summed E-state index contributed by atoms with van der Waals surface area (Å²) in [6, 6.07) is 2.76. The summed E-state index contributed by atoms with van der Waals surface area (Å²) in [6.45, 7) is 14.4. The predicted molar refractivity (Wildman–Crippen MR) is 215 cm³/mol. The van der Waals surface area contributed by atoms with Crippen LogP contribution in [0.1, 0.15) is 110 Å². The van der Waals surface area contributed by atoms with E-state index in [1.165, 1.54) is 24.6 Å². The lowest BCUT2D eigenvalue weighted by atomic mass is 9.95. The minimum atomic E-state index is -5.08. The highest BCUT2D eigenvalue weighted by molar-refractivity contribution is 6.00. The highest BCUT2D eigenvalue weighted by Gasteiger charge is 2.38. The average molecular weight is 834 g/mol. The van der Waals surface area contributed by atoms with Gasteiger partial charge in [-0.25, -0.2) is 23.2 Å². The molecule has 2 atom stereocenters. The molecule has 2 saturated heterocycles. The molecule has 6 rings (SSSR count). The summed E-state index contributed by atoms with van der Waals surface area (Å²) in [7, 11) is 0. The second-order valence-corrected chi connectivity index (χ2v) is 14.6. The fourth-order valence-electron chi connectivity index (χ4n) is 7.52. The van der Waals surface area contributed by atoms with Crippen molar-refractivity contribution in [3.05, 3.63) is 68.3 Å². The molecule has 0 radical (unpaired) electrons. The third kappa shape index (κ3) is 11.8. The first-order chi connectivity index (χ1) is 27.5. The molecule has 2 aliphatic heterocycles. The Balaban J connectivity index is 0.000000244. The maximum absolute atomic E-state index is 15.0. The van der Waals surface area contributed by atoms with Gasteiger partial charge in [0, 0.05) is 60.9 Å². The number of carbonyl (C=O) groups excluding carboxylic acids is 2. The molecular weight excluding hydrogens is 781 g/mol. The summed E-state index contributed by atoms with van der Waals surface area (Å²) >= 11 is 0. The van der Waals surface area contributed by atoms with Gasteiger partial charge in [-0.1, -0.05) is 17.1 Å². The van der Waals surface area contributed by atoms with Gasteiger partial charge in [-0.2, -0.15) is 13.2 Å². The zero-order valence-electron chi connectivity index (χ0n) is 34.0. The molecule has 0 saturated carbocycles. The van der Waals surface area contributed by atoms with Crippen LogP contribution in [0.2, 0.25) is 0 Å². The number of carbonyl (C=O) groups is 4. The summed E-state index contributed by atoms with van der Waals surface area (Å²) in [4.78, 5) is 46.3. The Bertz CT molecular complexity index is 2090. The Morgan fingerprint density at radius 2 is 1.22 bits per heavy atom. The molecule has 2 heterocycles. The Hall–Kier alpha value is -5.47. The van der Waals surface area contributed by atoms with Crippen molar-refractivity contribution in [3.8, 4) is 11.8 Å². The Morgan fingerprint density at radius 3 is 1.54 bits per heavy atom. The van der Waals surface area contributed by atoms with E-state index >= 15 is 4.39 Å². The van der Waals surface area contributed by atoms with Gasteiger partial charge in [0.15, 0.2) is 0 Å². The SMILES string of the molecule is CC#CC(=O)O.CC1=C(C)c2c(c(C(N)=O)cc(F)c2N2CCC[C@H](N)C2)C1.CCOC(=O)c1cc(F)c(N2CCC[C@H](N)C2)c2c1CC(C)=C2C.O=C(O)C(F)(F)F. The quantitative estimate of drug-likeness (QED) is 0.130. The predicted octanol–water partition coefficient (Wildman–Crippen LogP) is 6.21. The number of hydrogen-bond donors (Lipinski definition) is 5. The molecular formula is C42H52F5N5O7. The van der Waals surface area contributed by atoms with Gasteiger partial charge < -0.3 is 42.0 Å². The van der Waals surface area contributed by atoms with Crippen LogP contribution < -0.4 is 27.0 Å². The zero-order valence-corrected chi connectivity index (χ0v) is 34.0. The van der Waals surface area contributed by atoms with E-state index in [4.69, 9.17) is 36.9 Å². The number of hydrogen-bond acceptors (Lipinski definition) is 9. The summed E-state index contributed by atoms with van der Waals surface area (Å²) in [5.41, 5.74) is 27.3. The first-order valence-corrected chi connectivity index (χ1v) is 19.0. The zero-order chi connectivity index (χ0) is 44.5. The molecule has 59 heavy (non-hydrogen) atoms. The van der Waals surface area contributed by atoms with Crippen molar-refractivity contribution in [2.24, 2.45) is 17.2 Å². The Labute approximate surface area is 340 Å². The number of nitrogens with zero attached hydrogens (tertiary/aromatic N) is 2. The first-order valence-electron chi connectivity index (χ1n) is 19.0. The summed E-state index contributed by atoms with van der Waals surface area (Å²) < 4.78 is 66.6. The van der Waals surface area contributed by atoms with Crippen molar-refractivity contribution in [1.82, 2.24) is 0 Å². The number of ether oxygens (including phenoxy) is 1. The van der Waals surface area contributed by atoms with Gasteiger partial charge in [0.05, 0.1) is 23.5 Å². The number of nitrogens with two attached hydrogens (primary N) is 3. The summed E-state index contributed by atoms with van der Waals surface area (Å²) in [5, 5.41) is 14.9. The molecule has 17 heteroatoms. The van der Waals surface area contributed by atoms with Crippen LogP contribution in [-0.2, 0) is 27.2 Å². The van der Waals surface area contributed by atoms with Crippen LogP contribution >= 0.6 is 0 Å². The molecule has 0 unspecified atom stereocenters. The normalized spacial score (nSPS) is 18.1. The summed E-state index contributed by atoms with van der Waals surface area (Å²) in [6.07, 6.45) is 0.0865. The van der Waals surface area contributed by atoms with E-state index < -0.39 is 30.0 Å². The lowest BCUT2D eigenvalue weighted by Gasteiger charge is -2.34. The number of alkyl halides is 3. The van der Waals surface area contributed by atoms with Gasteiger partial charge >= 0.3 is 24.1 Å². The fourth-order valence-corrected chi connectivity index (χ4v) is 7.52. The van der Waals surface area contributed by atoms with Crippen LogP contribution in [-0.4, -0.2) is 85.1 Å². The number of esters is 1. The smallest absolute Gasteiger partial charge is 0.475 e. The number of aliphatic carboxylic acids is 2. The second-order valence-electron chi connectivity index (χ2n) is 14.6. The molecule has 2 aromatic carbocycles. The number of carboxylic acids is 2. The monoisotopic (exact) mass is 833 g/mol. The number of allylic oxidation sites excluding steroid dienone is 4. The molecule has 1 amide bonds. The van der Waals surface area contributed by atoms with E-state index in [9.17, 15) is 31.9 Å². The topological polar surface area (TPSA) is 203 Å². The maximum Gasteiger partial charge on any atom is 0.490 e. The maximum atomic E-state index is 15.0. The number of carboxylic acid groups (broad SMARTS) is 2. The lowest BCUT2D eigenvalue weighted by Crippen LogP contribution is -2.43. The second kappa shape index (κ2) is 20.5. The molecule has 0 spiro atoms. The lowest BCUT2D eigenvalue weighted by molar-refractivity contribution is -0.192. The van der Waals surface area contributed by atoms with Crippen LogP contribution in [0.5, 0.6) is 0 Å². The van der Waals surface area contributed by atoms with Crippen molar-refractivity contribution >= 4 is 46.3 Å². The first kappa shape index (κ1) is 47.9. The molecule has 2 aliphatic carbocycles. The van der Waals surface area contributed by atoms with E-state index in [0.29, 0.717) is 48.4 Å². The van der Waals surface area contributed by atoms with Crippen LogP contribution in [0.25, 0.3) is 11.1 Å². The minimum absolute atomic E-state index is 0.0605. The van der Waals surface area contributed by atoms with Crippen LogP contribution in [0.4, 0.5) is 33.3 Å². The minimum Gasteiger partial charge on any atom is -0.475 e. The number of anilines is 2. The fraction of sp³-hybridized carbons (Fsp3) is 0.476. The number of fused-ring (bicyclic) bond motifs is 2. The molecule has 12 nitrogen and oxygen atoms in total. The third-order valence-electron chi connectivity index (χ3n) is 10.4. The van der Waals surface area contributed by atoms with E-state index in [-0.39, 0.29) is 30.3 Å². The molecule has 2 aromatic rings. The highest BCUT2D eigenvalue weighted by Crippen LogP contribution is 2.44. The van der Waals surface area contributed by atoms with E-state index in [0.717, 1.165) is 77.7 Å². The Morgan fingerprint density at radius 1 is 0.814 bits per heavy atom. The van der Waals surface area contributed by atoms with E-state index in [1.54, 1.807) is 6.92 Å². The number of halogens is 5. The van der Waals surface area contributed by atoms with Crippen LogP contribution in [0.15, 0.2) is 23.3 Å². The van der Waals surface area contributed by atoms with Crippen molar-refractivity contribution in [2.75, 3.05) is 42.6 Å². The Kier molecular flexibility index (Phi) is 16.6. The third-order valence-corrected chi connectivity index (χ3v) is 10.4. The van der Waals surface area contributed by atoms with Crippen molar-refractivity contribution in [2.45, 2.75) is 98.3 Å². The highest BCUT2D eigenvalue weighted by atomic mass is 19.4. The van der Waals surface area contributed by atoms with Crippen molar-refractivity contribution in [3.63, 3.8) is 0 Å². The van der Waals surface area contributed by atoms with Gasteiger partial charge in [0.2, 0.25) is 5.91 Å². The summed E-state index contributed by atoms with van der Waals surface area (Å²) in [5.74, 6) is -1.49. The van der Waals surface area contributed by atoms with Crippen LogP contribution in [0.3, 0.4) is 0 Å². The molecule has 2 fully saturated rings. The molecule has 8 N–H and O–H groups in total. The number of rotatable bonds is 5. The van der Waals surface area contributed by atoms with E-state index in [1.807, 2.05) is 43.4 Å². The number of amides is 1. The van der Waals surface area contributed by atoms with E-state index in [2.05, 4.69) is 5.92 Å². The number of piperidine rings is 2. The molecule has 0 bridgehead atoms. The van der Waals surface area contributed by atoms with Crippen molar-refractivity contribution < 1.29 is 56.1 Å². The largest absolute Gasteiger partial charge is 0.490 e. The molecule has 4 aliphatic rings. The molecule has 0 aromatic heterocycles. The van der Waals surface area contributed by atoms with Gasteiger partial charge in [-0.05, 0) is 114 Å². The number of benzene rings is 2. The molecule has 322 valence electrons.